The number of hydrogen-bond donors (Lipinski definition) is 0. The van der Waals surface area contributed by atoms with E-state index in [9.17, 15) is 8.78 Å². The second-order valence-electron chi connectivity index (χ2n) is 4.00. The van der Waals surface area contributed by atoms with Crippen molar-refractivity contribution in [2.45, 2.75) is 32.3 Å². The number of halogens is 2. The Morgan fingerprint density at radius 1 is 1.43 bits per heavy atom. The SMILES string of the molecule is Cc1ccc2c(c1)CC(C)(C(F)F)O2. The van der Waals surface area contributed by atoms with Crippen molar-refractivity contribution in [2.24, 2.45) is 0 Å². The minimum absolute atomic E-state index is 0.293. The molecule has 1 heterocycles. The van der Waals surface area contributed by atoms with Crippen molar-refractivity contribution in [2.75, 3.05) is 0 Å². The Kier molecular flexibility index (Phi) is 1.98. The Bertz CT molecular complexity index is 362. The predicted molar refractivity (Wildman–Crippen MR) is 49.9 cm³/mol. The summed E-state index contributed by atoms with van der Waals surface area (Å²) in [6.07, 6.45) is -2.16. The number of fused-ring (bicyclic) bond motifs is 1. The summed E-state index contributed by atoms with van der Waals surface area (Å²) >= 11 is 0. The molecule has 0 saturated carbocycles. The maximum atomic E-state index is 12.7. The molecule has 2 rings (SSSR count). The van der Waals surface area contributed by atoms with Crippen molar-refractivity contribution in [3.05, 3.63) is 29.3 Å². The Labute approximate surface area is 81.7 Å². The van der Waals surface area contributed by atoms with Crippen LogP contribution in [0.15, 0.2) is 18.2 Å². The van der Waals surface area contributed by atoms with Gasteiger partial charge in [-0.3, -0.25) is 0 Å². The summed E-state index contributed by atoms with van der Waals surface area (Å²) in [6, 6.07) is 5.54. The van der Waals surface area contributed by atoms with Crippen LogP contribution in [0, 0.1) is 6.92 Å². The van der Waals surface area contributed by atoms with E-state index in [4.69, 9.17) is 4.74 Å². The second-order valence-corrected chi connectivity index (χ2v) is 4.00. The first-order chi connectivity index (χ1) is 6.51. The first-order valence-electron chi connectivity index (χ1n) is 4.58. The molecule has 0 fully saturated rings. The van der Waals surface area contributed by atoms with E-state index in [1.54, 1.807) is 6.07 Å². The second kappa shape index (κ2) is 2.94. The Morgan fingerprint density at radius 3 is 2.79 bits per heavy atom. The normalized spacial score (nSPS) is 24.9. The zero-order chi connectivity index (χ0) is 10.3. The van der Waals surface area contributed by atoms with Gasteiger partial charge in [0.15, 0.2) is 5.60 Å². The highest BCUT2D eigenvalue weighted by Gasteiger charge is 2.43. The zero-order valence-corrected chi connectivity index (χ0v) is 8.18. The van der Waals surface area contributed by atoms with Gasteiger partial charge in [0.05, 0.1) is 0 Å². The molecule has 0 amide bonds. The molecule has 3 heteroatoms. The maximum absolute atomic E-state index is 12.7. The van der Waals surface area contributed by atoms with Crippen LogP contribution in [0.5, 0.6) is 5.75 Å². The fraction of sp³-hybridized carbons (Fsp3) is 0.455. The molecular weight excluding hydrogens is 186 g/mol. The fourth-order valence-corrected chi connectivity index (χ4v) is 1.73. The Morgan fingerprint density at radius 2 is 2.14 bits per heavy atom. The van der Waals surface area contributed by atoms with E-state index in [2.05, 4.69) is 0 Å². The summed E-state index contributed by atoms with van der Waals surface area (Å²) in [4.78, 5) is 0. The molecule has 1 aromatic carbocycles. The third kappa shape index (κ3) is 1.37. The molecule has 0 spiro atoms. The number of aryl methyl sites for hydroxylation is 1. The van der Waals surface area contributed by atoms with E-state index < -0.39 is 12.0 Å². The lowest BCUT2D eigenvalue weighted by atomic mass is 9.99. The summed E-state index contributed by atoms with van der Waals surface area (Å²) in [6.45, 7) is 3.39. The molecule has 0 N–H and O–H groups in total. The number of benzene rings is 1. The summed E-state index contributed by atoms with van der Waals surface area (Å²) in [5.41, 5.74) is 0.620. The number of rotatable bonds is 1. The van der Waals surface area contributed by atoms with Gasteiger partial charge in [-0.25, -0.2) is 8.78 Å². The third-order valence-electron chi connectivity index (χ3n) is 2.56. The van der Waals surface area contributed by atoms with E-state index in [0.29, 0.717) is 12.2 Å². The third-order valence-corrected chi connectivity index (χ3v) is 2.56. The molecule has 76 valence electrons. The van der Waals surface area contributed by atoms with Crippen molar-refractivity contribution in [1.29, 1.82) is 0 Å². The smallest absolute Gasteiger partial charge is 0.277 e. The van der Waals surface area contributed by atoms with E-state index in [1.807, 2.05) is 19.1 Å². The van der Waals surface area contributed by atoms with E-state index in [1.165, 1.54) is 6.92 Å². The Balaban J connectivity index is 2.34. The lowest BCUT2D eigenvalue weighted by Gasteiger charge is -2.22. The number of hydrogen-bond acceptors (Lipinski definition) is 1. The summed E-state index contributed by atoms with van der Waals surface area (Å²) in [7, 11) is 0. The van der Waals surface area contributed by atoms with E-state index in [0.717, 1.165) is 11.1 Å². The summed E-state index contributed by atoms with van der Waals surface area (Å²) in [5.74, 6) is 0.596. The lowest BCUT2D eigenvalue weighted by molar-refractivity contribution is -0.0498. The van der Waals surface area contributed by atoms with Gasteiger partial charge in [0.2, 0.25) is 0 Å². The van der Waals surface area contributed by atoms with E-state index >= 15 is 0 Å². The monoisotopic (exact) mass is 198 g/mol. The maximum Gasteiger partial charge on any atom is 0.277 e. The molecule has 0 saturated heterocycles. The summed E-state index contributed by atoms with van der Waals surface area (Å²) < 4.78 is 30.6. The van der Waals surface area contributed by atoms with Crippen LogP contribution in [0.4, 0.5) is 8.78 Å². The fourth-order valence-electron chi connectivity index (χ4n) is 1.73. The largest absolute Gasteiger partial charge is 0.481 e. The molecule has 1 aliphatic rings. The molecule has 0 bridgehead atoms. The highest BCUT2D eigenvalue weighted by molar-refractivity contribution is 5.41. The molecular formula is C11H12F2O. The number of alkyl halides is 2. The van der Waals surface area contributed by atoms with Crippen molar-refractivity contribution in [1.82, 2.24) is 0 Å². The van der Waals surface area contributed by atoms with Gasteiger partial charge in [0.1, 0.15) is 5.75 Å². The molecule has 1 aliphatic heterocycles. The lowest BCUT2D eigenvalue weighted by Crippen LogP contribution is -2.38. The molecule has 14 heavy (non-hydrogen) atoms. The van der Waals surface area contributed by atoms with Crippen LogP contribution in [0.3, 0.4) is 0 Å². The van der Waals surface area contributed by atoms with Crippen LogP contribution in [-0.4, -0.2) is 12.0 Å². The zero-order valence-electron chi connectivity index (χ0n) is 8.18. The van der Waals surface area contributed by atoms with Crippen LogP contribution in [-0.2, 0) is 6.42 Å². The van der Waals surface area contributed by atoms with Crippen molar-refractivity contribution in [3.63, 3.8) is 0 Å². The minimum atomic E-state index is -2.45. The molecule has 1 atom stereocenters. The minimum Gasteiger partial charge on any atom is -0.481 e. The molecule has 1 unspecified atom stereocenters. The van der Waals surface area contributed by atoms with Crippen LogP contribution in [0.1, 0.15) is 18.1 Å². The van der Waals surface area contributed by atoms with Gasteiger partial charge in [-0.1, -0.05) is 17.7 Å². The standard InChI is InChI=1S/C11H12F2O/c1-7-3-4-9-8(5-7)6-11(2,14-9)10(12)13/h3-5,10H,6H2,1-2H3. The van der Waals surface area contributed by atoms with Crippen LogP contribution in [0.25, 0.3) is 0 Å². The van der Waals surface area contributed by atoms with Crippen molar-refractivity contribution < 1.29 is 13.5 Å². The van der Waals surface area contributed by atoms with Gasteiger partial charge < -0.3 is 4.74 Å². The van der Waals surface area contributed by atoms with Gasteiger partial charge in [-0.15, -0.1) is 0 Å². The van der Waals surface area contributed by atoms with Crippen molar-refractivity contribution in [3.8, 4) is 5.75 Å². The summed E-state index contributed by atoms with van der Waals surface area (Å²) in [5, 5.41) is 0. The van der Waals surface area contributed by atoms with Gasteiger partial charge in [0, 0.05) is 6.42 Å². The first-order valence-corrected chi connectivity index (χ1v) is 4.58. The quantitative estimate of drug-likeness (QED) is 0.674. The first kappa shape index (κ1) is 9.44. The molecule has 0 radical (unpaired) electrons. The average Bonchev–Trinajstić information content (AvgIpc) is 2.42. The highest BCUT2D eigenvalue weighted by atomic mass is 19.3. The molecule has 1 nitrogen and oxygen atoms in total. The number of ether oxygens (including phenoxy) is 1. The molecule has 0 aromatic heterocycles. The topological polar surface area (TPSA) is 9.23 Å². The predicted octanol–water partition coefficient (Wildman–Crippen LogP) is 2.95. The molecule has 1 aromatic rings. The van der Waals surface area contributed by atoms with Gasteiger partial charge in [-0.05, 0) is 25.5 Å². The van der Waals surface area contributed by atoms with Gasteiger partial charge >= 0.3 is 0 Å². The van der Waals surface area contributed by atoms with Gasteiger partial charge in [-0.2, -0.15) is 0 Å². The average molecular weight is 198 g/mol. The van der Waals surface area contributed by atoms with E-state index in [-0.39, 0.29) is 0 Å². The molecule has 0 aliphatic carbocycles. The van der Waals surface area contributed by atoms with Crippen LogP contribution in [0.2, 0.25) is 0 Å². The van der Waals surface area contributed by atoms with Crippen molar-refractivity contribution >= 4 is 0 Å². The highest BCUT2D eigenvalue weighted by Crippen LogP contribution is 2.38. The van der Waals surface area contributed by atoms with Crippen LogP contribution < -0.4 is 4.74 Å². The Hall–Kier alpha value is -1.12. The van der Waals surface area contributed by atoms with Gasteiger partial charge in [0.25, 0.3) is 6.43 Å². The van der Waals surface area contributed by atoms with Crippen LogP contribution >= 0.6 is 0 Å².